The van der Waals surface area contributed by atoms with Crippen molar-refractivity contribution < 1.29 is 40.7 Å². The van der Waals surface area contributed by atoms with E-state index < -0.39 is 46.3 Å². The maximum absolute atomic E-state index is 13.1. The lowest BCUT2D eigenvalue weighted by atomic mass is 9.86. The SMILES string of the molecule is CCCCOC(=O)C(N)(C(=O)C=Cc1cc(C(F)(F)F)cc(C(F)(F)F)c1)c1ccccc1. The Hall–Kier alpha value is -3.14. The number of carbonyl (C=O) groups is 2. The highest BCUT2D eigenvalue weighted by atomic mass is 19.4. The molecule has 0 aromatic heterocycles. The Balaban J connectivity index is 2.47. The quantitative estimate of drug-likeness (QED) is 0.181. The third-order valence-electron chi connectivity index (χ3n) is 4.71. The second kappa shape index (κ2) is 10.2. The molecule has 2 aromatic carbocycles. The first-order valence-electron chi connectivity index (χ1n) is 9.83. The predicted molar refractivity (Wildman–Crippen MR) is 109 cm³/mol. The maximum Gasteiger partial charge on any atom is 0.416 e. The van der Waals surface area contributed by atoms with Crippen molar-refractivity contribution in [3.05, 3.63) is 76.9 Å². The van der Waals surface area contributed by atoms with Crippen molar-refractivity contribution in [3.63, 3.8) is 0 Å². The molecule has 0 saturated heterocycles. The minimum atomic E-state index is -5.04. The first-order valence-corrected chi connectivity index (χ1v) is 9.83. The molecule has 1 unspecified atom stereocenters. The van der Waals surface area contributed by atoms with Gasteiger partial charge in [-0.3, -0.25) is 4.79 Å². The maximum atomic E-state index is 13.1. The molecule has 2 rings (SSSR count). The van der Waals surface area contributed by atoms with Crippen molar-refractivity contribution in [1.82, 2.24) is 0 Å². The van der Waals surface area contributed by atoms with Crippen molar-refractivity contribution >= 4 is 17.8 Å². The van der Waals surface area contributed by atoms with E-state index >= 15 is 0 Å². The average molecular weight is 473 g/mol. The molecule has 0 bridgehead atoms. The topological polar surface area (TPSA) is 69.4 Å². The first kappa shape index (κ1) is 26.1. The highest BCUT2D eigenvalue weighted by Crippen LogP contribution is 2.36. The van der Waals surface area contributed by atoms with Gasteiger partial charge in [0.25, 0.3) is 0 Å². The van der Waals surface area contributed by atoms with Crippen LogP contribution in [0.3, 0.4) is 0 Å². The standard InChI is InChI=1S/C23H21F6NO3/c1-2-3-11-33-20(32)21(30,16-7-5-4-6-8-16)19(31)10-9-15-12-17(22(24,25)26)14-18(13-15)23(27,28)29/h4-10,12-14H,2-3,11,30H2,1H3. The molecular formula is C23H21F6NO3. The number of carbonyl (C=O) groups excluding carboxylic acids is 2. The molecule has 0 aliphatic carbocycles. The lowest BCUT2D eigenvalue weighted by molar-refractivity contribution is -0.153. The van der Waals surface area contributed by atoms with Gasteiger partial charge in [-0.15, -0.1) is 0 Å². The second-order valence-electron chi connectivity index (χ2n) is 7.20. The largest absolute Gasteiger partial charge is 0.464 e. The Labute approximate surface area is 186 Å². The van der Waals surface area contributed by atoms with E-state index in [1.807, 2.05) is 6.92 Å². The van der Waals surface area contributed by atoms with E-state index in [0.29, 0.717) is 31.1 Å². The Bertz CT molecular complexity index is 983. The second-order valence-corrected chi connectivity index (χ2v) is 7.20. The molecule has 33 heavy (non-hydrogen) atoms. The Morgan fingerprint density at radius 2 is 1.45 bits per heavy atom. The molecule has 178 valence electrons. The summed E-state index contributed by atoms with van der Waals surface area (Å²) in [7, 11) is 0. The summed E-state index contributed by atoms with van der Waals surface area (Å²) in [5.41, 5.74) is 0.224. The van der Waals surface area contributed by atoms with Gasteiger partial charge in [0.15, 0.2) is 5.78 Å². The van der Waals surface area contributed by atoms with Crippen LogP contribution in [0, 0.1) is 0 Å². The molecule has 10 heteroatoms. The van der Waals surface area contributed by atoms with E-state index in [-0.39, 0.29) is 18.2 Å². The predicted octanol–water partition coefficient (Wildman–Crippen LogP) is 5.50. The molecule has 2 aromatic rings. The van der Waals surface area contributed by atoms with Crippen LogP contribution < -0.4 is 5.73 Å². The number of rotatable bonds is 8. The third-order valence-corrected chi connectivity index (χ3v) is 4.71. The summed E-state index contributed by atoms with van der Waals surface area (Å²) >= 11 is 0. The lowest BCUT2D eigenvalue weighted by Crippen LogP contribution is -2.52. The molecule has 0 spiro atoms. The molecule has 4 nitrogen and oxygen atoms in total. The molecule has 0 fully saturated rings. The fraction of sp³-hybridized carbons (Fsp3) is 0.304. The normalized spacial score (nSPS) is 14.2. The highest BCUT2D eigenvalue weighted by Gasteiger charge is 2.44. The van der Waals surface area contributed by atoms with Crippen LogP contribution in [-0.2, 0) is 32.2 Å². The van der Waals surface area contributed by atoms with Crippen LogP contribution in [0.1, 0.15) is 42.0 Å². The minimum Gasteiger partial charge on any atom is -0.464 e. The molecule has 0 saturated carbocycles. The summed E-state index contributed by atoms with van der Waals surface area (Å²) in [5.74, 6) is -2.15. The number of alkyl halides is 6. The molecule has 0 aliphatic heterocycles. The number of ketones is 1. The van der Waals surface area contributed by atoms with E-state index in [0.717, 1.165) is 6.08 Å². The van der Waals surface area contributed by atoms with E-state index in [4.69, 9.17) is 10.5 Å². The van der Waals surface area contributed by atoms with Gasteiger partial charge in [0, 0.05) is 0 Å². The fourth-order valence-corrected chi connectivity index (χ4v) is 2.86. The molecule has 2 N–H and O–H groups in total. The number of hydrogen-bond acceptors (Lipinski definition) is 4. The summed E-state index contributed by atoms with van der Waals surface area (Å²) in [5, 5.41) is 0. The summed E-state index contributed by atoms with van der Waals surface area (Å²) in [4.78, 5) is 25.6. The molecule has 0 radical (unpaired) electrons. The number of benzene rings is 2. The van der Waals surface area contributed by atoms with E-state index in [1.165, 1.54) is 24.3 Å². The van der Waals surface area contributed by atoms with E-state index in [2.05, 4.69) is 0 Å². The number of esters is 1. The van der Waals surface area contributed by atoms with Crippen LogP contribution in [0.5, 0.6) is 0 Å². The Kier molecular flexibility index (Phi) is 8.07. The number of hydrogen-bond donors (Lipinski definition) is 1. The van der Waals surface area contributed by atoms with E-state index in [9.17, 15) is 35.9 Å². The summed E-state index contributed by atoms with van der Waals surface area (Å²) in [6, 6.07) is 8.29. The minimum absolute atomic E-state index is 0.0132. The smallest absolute Gasteiger partial charge is 0.416 e. The number of halogens is 6. The highest BCUT2D eigenvalue weighted by molar-refractivity contribution is 6.15. The molecule has 1 atom stereocenters. The van der Waals surface area contributed by atoms with Gasteiger partial charge in [-0.25, -0.2) is 4.79 Å². The van der Waals surface area contributed by atoms with Gasteiger partial charge in [0.1, 0.15) is 0 Å². The van der Waals surface area contributed by atoms with Crippen LogP contribution in [-0.4, -0.2) is 18.4 Å². The average Bonchev–Trinajstić information content (AvgIpc) is 2.76. The lowest BCUT2D eigenvalue weighted by Gasteiger charge is -2.25. The Morgan fingerprint density at radius 1 is 0.909 bits per heavy atom. The first-order chi connectivity index (χ1) is 15.3. The number of ether oxygens (including phenoxy) is 1. The van der Waals surface area contributed by atoms with Gasteiger partial charge < -0.3 is 10.5 Å². The zero-order valence-electron chi connectivity index (χ0n) is 17.5. The molecular weight excluding hydrogens is 452 g/mol. The van der Waals surface area contributed by atoms with Gasteiger partial charge in [-0.05, 0) is 41.8 Å². The number of unbranched alkanes of at least 4 members (excludes halogenated alkanes) is 1. The third kappa shape index (κ3) is 6.44. The summed E-state index contributed by atoms with van der Waals surface area (Å²) in [6.07, 6.45) is -7.47. The van der Waals surface area contributed by atoms with Crippen molar-refractivity contribution in [2.75, 3.05) is 6.61 Å². The number of nitrogens with two attached hydrogens (primary N) is 1. The van der Waals surface area contributed by atoms with Crippen LogP contribution in [0.25, 0.3) is 6.08 Å². The van der Waals surface area contributed by atoms with Crippen LogP contribution >= 0.6 is 0 Å². The fourth-order valence-electron chi connectivity index (χ4n) is 2.86. The zero-order chi connectivity index (χ0) is 24.9. The molecule has 0 heterocycles. The van der Waals surface area contributed by atoms with Gasteiger partial charge in [0.2, 0.25) is 5.54 Å². The van der Waals surface area contributed by atoms with Crippen molar-refractivity contribution in [3.8, 4) is 0 Å². The Morgan fingerprint density at radius 3 is 1.94 bits per heavy atom. The zero-order valence-corrected chi connectivity index (χ0v) is 17.5. The molecule has 0 amide bonds. The van der Waals surface area contributed by atoms with Crippen LogP contribution in [0.2, 0.25) is 0 Å². The van der Waals surface area contributed by atoms with Gasteiger partial charge in [-0.1, -0.05) is 49.8 Å². The monoisotopic (exact) mass is 473 g/mol. The summed E-state index contributed by atoms with van der Waals surface area (Å²) < 4.78 is 83.4. The molecule has 0 aliphatic rings. The van der Waals surface area contributed by atoms with Crippen molar-refractivity contribution in [2.24, 2.45) is 5.73 Å². The van der Waals surface area contributed by atoms with Crippen LogP contribution in [0.15, 0.2) is 54.6 Å². The van der Waals surface area contributed by atoms with Crippen molar-refractivity contribution in [2.45, 2.75) is 37.7 Å². The van der Waals surface area contributed by atoms with Crippen LogP contribution in [0.4, 0.5) is 26.3 Å². The van der Waals surface area contributed by atoms with Gasteiger partial charge in [0.05, 0.1) is 17.7 Å². The van der Waals surface area contributed by atoms with Gasteiger partial charge in [-0.2, -0.15) is 26.3 Å². The summed E-state index contributed by atoms with van der Waals surface area (Å²) in [6.45, 7) is 1.83. The van der Waals surface area contributed by atoms with Crippen molar-refractivity contribution in [1.29, 1.82) is 0 Å². The van der Waals surface area contributed by atoms with Gasteiger partial charge >= 0.3 is 18.3 Å². The van der Waals surface area contributed by atoms with E-state index in [1.54, 1.807) is 6.07 Å².